The van der Waals surface area contributed by atoms with Gasteiger partial charge in [-0.3, -0.25) is 0 Å². The van der Waals surface area contributed by atoms with Crippen molar-refractivity contribution in [2.75, 3.05) is 19.5 Å². The van der Waals surface area contributed by atoms with E-state index in [1.165, 1.54) is 49.5 Å². The molecule has 0 N–H and O–H groups in total. The molecule has 4 nitrogen and oxygen atoms in total. The summed E-state index contributed by atoms with van der Waals surface area (Å²) in [6, 6.07) is 82.5. The zero-order chi connectivity index (χ0) is 41.4. The fourth-order valence-corrected chi connectivity index (χ4v) is 13.4. The topological polar surface area (TPSA) is 13.0 Å². The molecule has 0 unspecified atom stereocenters. The highest BCUT2D eigenvalue weighted by atomic mass is 28.3. The zero-order valence-electron chi connectivity index (χ0n) is 34.7. The molecule has 9 aromatic carbocycles. The van der Waals surface area contributed by atoms with Gasteiger partial charge in [-0.05, 0) is 118 Å². The molecule has 0 atom stereocenters. The van der Waals surface area contributed by atoms with E-state index in [9.17, 15) is 0 Å². The molecule has 0 aliphatic carbocycles. The highest BCUT2D eigenvalue weighted by Crippen LogP contribution is 2.51. The predicted octanol–water partition coefficient (Wildman–Crippen LogP) is 12.5. The van der Waals surface area contributed by atoms with E-state index in [1.54, 1.807) is 0 Å². The first kappa shape index (κ1) is 36.3. The summed E-state index contributed by atoms with van der Waals surface area (Å²) in [6.45, 7) is 4.98. The number of fused-ring (bicyclic) bond motifs is 6. The second-order valence-corrected chi connectivity index (χ2v) is 21.3. The highest BCUT2D eigenvalue weighted by molar-refractivity contribution is 7.05. The summed E-state index contributed by atoms with van der Waals surface area (Å²) in [5.41, 5.74) is 18.0. The molecular formula is C56H43BN4Si. The molecule has 0 spiro atoms. The van der Waals surface area contributed by atoms with Crippen LogP contribution in [0.25, 0.3) is 11.1 Å². The number of rotatable bonds is 7. The molecule has 0 radical (unpaired) electrons. The van der Waals surface area contributed by atoms with Crippen LogP contribution in [0.5, 0.6) is 0 Å². The summed E-state index contributed by atoms with van der Waals surface area (Å²) in [7, 11) is -2.11. The van der Waals surface area contributed by atoms with Crippen molar-refractivity contribution in [3.05, 3.63) is 224 Å². The van der Waals surface area contributed by atoms with Crippen LogP contribution in [0.1, 0.15) is 0 Å². The van der Waals surface area contributed by atoms with E-state index in [4.69, 9.17) is 0 Å². The van der Waals surface area contributed by atoms with Crippen LogP contribution in [0, 0.1) is 0 Å². The molecule has 6 heteroatoms. The molecule has 3 aliphatic heterocycles. The number of anilines is 11. The lowest BCUT2D eigenvalue weighted by Crippen LogP contribution is -2.68. The van der Waals surface area contributed by atoms with E-state index < -0.39 is 8.07 Å². The molecular weight excluding hydrogens is 768 g/mol. The minimum Gasteiger partial charge on any atom is -0.377 e. The van der Waals surface area contributed by atoms with Crippen LogP contribution in [-0.2, 0) is 0 Å². The van der Waals surface area contributed by atoms with E-state index in [0.29, 0.717) is 0 Å². The van der Waals surface area contributed by atoms with Crippen LogP contribution in [0.3, 0.4) is 0 Å². The van der Waals surface area contributed by atoms with Gasteiger partial charge in [-0.1, -0.05) is 147 Å². The van der Waals surface area contributed by atoms with E-state index in [0.717, 1.165) is 45.5 Å². The molecule has 0 saturated carbocycles. The number of para-hydroxylation sites is 7. The maximum atomic E-state index is 2.71. The van der Waals surface area contributed by atoms with Crippen molar-refractivity contribution in [1.29, 1.82) is 0 Å². The van der Waals surface area contributed by atoms with Gasteiger partial charge in [0.1, 0.15) is 8.07 Å². The number of benzene rings is 9. The fourth-order valence-electron chi connectivity index (χ4n) is 10.4. The third-order valence-corrected chi connectivity index (χ3v) is 16.7. The van der Waals surface area contributed by atoms with E-state index in [1.807, 2.05) is 0 Å². The standard InChI is InChI=1S/C56H43BN4Si/c1-62(2)53-33-19-18-32-50(53)61-56-47(31-20-34-54(56)62)48-37-46(59(42-25-12-5-13-26-42)43-27-14-6-15-28-43)39-52-55(48)57(61)49-36-35-45(38-51(49)60(52)44-29-16-7-17-30-44)58(40-21-8-3-9-22-40)41-23-10-4-11-24-41/h3-39H,1-2H3. The van der Waals surface area contributed by atoms with Gasteiger partial charge in [0, 0.05) is 68.1 Å². The number of hydrogen-bond donors (Lipinski definition) is 0. The molecule has 0 amide bonds. The molecule has 3 heterocycles. The third kappa shape index (κ3) is 5.53. The third-order valence-electron chi connectivity index (χ3n) is 13.1. The molecule has 294 valence electrons. The Balaban J connectivity index is 1.20. The first-order chi connectivity index (χ1) is 30.6. The van der Waals surface area contributed by atoms with Gasteiger partial charge in [-0.25, -0.2) is 0 Å². The van der Waals surface area contributed by atoms with Gasteiger partial charge in [-0.2, -0.15) is 0 Å². The Morgan fingerprint density at radius 1 is 0.387 bits per heavy atom. The summed E-state index contributed by atoms with van der Waals surface area (Å²) < 4.78 is 0. The summed E-state index contributed by atoms with van der Waals surface area (Å²) in [6.07, 6.45) is 0. The largest absolute Gasteiger partial charge is 0.377 e. The van der Waals surface area contributed by atoms with Crippen molar-refractivity contribution in [3.63, 3.8) is 0 Å². The van der Waals surface area contributed by atoms with Crippen LogP contribution in [-0.4, -0.2) is 14.9 Å². The number of hydrogen-bond acceptors (Lipinski definition) is 4. The molecule has 12 rings (SSSR count). The Labute approximate surface area is 365 Å². The van der Waals surface area contributed by atoms with Crippen molar-refractivity contribution >= 4 is 98.8 Å². The van der Waals surface area contributed by atoms with Gasteiger partial charge < -0.3 is 19.5 Å². The quantitative estimate of drug-likeness (QED) is 0.149. The Hall–Kier alpha value is -7.54. The maximum absolute atomic E-state index is 2.71. The van der Waals surface area contributed by atoms with Crippen molar-refractivity contribution in [3.8, 4) is 11.1 Å². The molecule has 0 saturated heterocycles. The Morgan fingerprint density at radius 2 is 0.887 bits per heavy atom. The predicted molar refractivity (Wildman–Crippen MR) is 266 cm³/mol. The van der Waals surface area contributed by atoms with Gasteiger partial charge in [0.15, 0.2) is 0 Å². The Morgan fingerprint density at radius 3 is 1.48 bits per heavy atom. The molecule has 0 fully saturated rings. The van der Waals surface area contributed by atoms with Gasteiger partial charge in [0.2, 0.25) is 0 Å². The van der Waals surface area contributed by atoms with Gasteiger partial charge in [0.25, 0.3) is 0 Å². The summed E-state index contributed by atoms with van der Waals surface area (Å²) >= 11 is 0. The summed E-state index contributed by atoms with van der Waals surface area (Å²) in [5.74, 6) is 0. The average Bonchev–Trinajstić information content (AvgIpc) is 3.33. The fraction of sp³-hybridized carbons (Fsp3) is 0.0357. The molecule has 3 aliphatic rings. The van der Waals surface area contributed by atoms with E-state index in [2.05, 4.69) is 257 Å². The Bertz CT molecular complexity index is 3050. The van der Waals surface area contributed by atoms with Gasteiger partial charge >= 0.3 is 6.85 Å². The lowest BCUT2D eigenvalue weighted by Gasteiger charge is -2.51. The van der Waals surface area contributed by atoms with E-state index >= 15 is 0 Å². The lowest BCUT2D eigenvalue weighted by atomic mass is 9.43. The van der Waals surface area contributed by atoms with Gasteiger partial charge in [0.05, 0.1) is 0 Å². The lowest BCUT2D eigenvalue weighted by molar-refractivity contribution is 1.23. The van der Waals surface area contributed by atoms with Crippen molar-refractivity contribution in [1.82, 2.24) is 0 Å². The summed E-state index contributed by atoms with van der Waals surface area (Å²) in [4.78, 5) is 10.0. The molecule has 0 bridgehead atoms. The highest BCUT2D eigenvalue weighted by Gasteiger charge is 2.50. The number of nitrogens with zero attached hydrogens (tertiary/aromatic N) is 4. The minimum atomic E-state index is -2.11. The minimum absolute atomic E-state index is 0.0817. The van der Waals surface area contributed by atoms with Crippen molar-refractivity contribution in [2.45, 2.75) is 13.1 Å². The SMILES string of the molecule is C[Si]1(C)c2ccccc2N2B3c4ccc(N(c5ccccc5)c5ccccc5)cc4N(c4ccccc4)c4cc(N(c5ccccc5)c5ccccc5)cc(c43)-c3cccc1c32. The first-order valence-electron chi connectivity index (χ1n) is 21.6. The van der Waals surface area contributed by atoms with Crippen molar-refractivity contribution < 1.29 is 0 Å². The van der Waals surface area contributed by atoms with Crippen LogP contribution in [0.4, 0.5) is 62.6 Å². The van der Waals surface area contributed by atoms with Crippen LogP contribution < -0.4 is 40.8 Å². The average molecular weight is 811 g/mol. The second kappa shape index (κ2) is 14.3. The normalized spacial score (nSPS) is 13.7. The summed E-state index contributed by atoms with van der Waals surface area (Å²) in [5, 5.41) is 2.96. The van der Waals surface area contributed by atoms with Crippen LogP contribution in [0.2, 0.25) is 13.1 Å². The van der Waals surface area contributed by atoms with Crippen LogP contribution >= 0.6 is 0 Å². The first-order valence-corrected chi connectivity index (χ1v) is 24.6. The van der Waals surface area contributed by atoms with Gasteiger partial charge in [-0.15, -0.1) is 0 Å². The molecule has 62 heavy (non-hydrogen) atoms. The second-order valence-electron chi connectivity index (χ2n) is 17.0. The van der Waals surface area contributed by atoms with Crippen molar-refractivity contribution in [2.24, 2.45) is 0 Å². The molecule has 9 aromatic rings. The molecule has 0 aromatic heterocycles. The smallest absolute Gasteiger partial charge is 0.333 e. The maximum Gasteiger partial charge on any atom is 0.333 e. The monoisotopic (exact) mass is 810 g/mol. The van der Waals surface area contributed by atoms with E-state index in [-0.39, 0.29) is 6.85 Å². The Kier molecular flexibility index (Phi) is 8.37. The zero-order valence-corrected chi connectivity index (χ0v) is 35.7. The van der Waals surface area contributed by atoms with Crippen LogP contribution in [0.15, 0.2) is 224 Å².